The number of aromatic nitrogens is 3. The number of nitrogens with zero attached hydrogens (tertiary/aromatic N) is 3. The smallest absolute Gasteiger partial charge is 0.146 e. The molecule has 1 aromatic carbocycles. The zero-order chi connectivity index (χ0) is 13.0. The summed E-state index contributed by atoms with van der Waals surface area (Å²) in [5.74, 6) is 2.42. The lowest BCUT2D eigenvalue weighted by Crippen LogP contribution is -2.14. The van der Waals surface area contributed by atoms with Gasteiger partial charge in [0.1, 0.15) is 11.6 Å². The molecule has 2 rings (SSSR count). The Morgan fingerprint density at radius 2 is 1.78 bits per heavy atom. The monoisotopic (exact) mass is 244 g/mol. The van der Waals surface area contributed by atoms with Crippen LogP contribution in [-0.2, 0) is 19.5 Å². The Hall–Kier alpha value is -1.68. The first-order valence-corrected chi connectivity index (χ1v) is 6.35. The SMILES string of the molecule is CC(C)Cn1c(CN)nnc1Cc1ccccc1. The van der Waals surface area contributed by atoms with Crippen molar-refractivity contribution in [2.75, 3.05) is 0 Å². The third-order valence-corrected chi connectivity index (χ3v) is 2.84. The maximum absolute atomic E-state index is 5.71. The molecule has 0 fully saturated rings. The second kappa shape index (κ2) is 5.78. The molecule has 0 atom stereocenters. The number of hydrogen-bond donors (Lipinski definition) is 1. The molecule has 0 aliphatic carbocycles. The second-order valence-electron chi connectivity index (χ2n) is 4.90. The van der Waals surface area contributed by atoms with E-state index in [0.717, 1.165) is 24.6 Å². The van der Waals surface area contributed by atoms with Gasteiger partial charge in [0.2, 0.25) is 0 Å². The fraction of sp³-hybridized carbons (Fsp3) is 0.429. The van der Waals surface area contributed by atoms with Crippen LogP contribution in [0, 0.1) is 5.92 Å². The molecule has 0 saturated carbocycles. The van der Waals surface area contributed by atoms with E-state index in [1.807, 2.05) is 18.2 Å². The van der Waals surface area contributed by atoms with Gasteiger partial charge in [-0.2, -0.15) is 0 Å². The average Bonchev–Trinajstić information content (AvgIpc) is 2.72. The lowest BCUT2D eigenvalue weighted by molar-refractivity contribution is 0.495. The molecule has 1 heterocycles. The van der Waals surface area contributed by atoms with Crippen LogP contribution in [0.15, 0.2) is 30.3 Å². The van der Waals surface area contributed by atoms with E-state index in [9.17, 15) is 0 Å². The Morgan fingerprint density at radius 3 is 2.39 bits per heavy atom. The zero-order valence-corrected chi connectivity index (χ0v) is 11.0. The van der Waals surface area contributed by atoms with Crippen molar-refractivity contribution in [3.63, 3.8) is 0 Å². The first kappa shape index (κ1) is 12.8. The van der Waals surface area contributed by atoms with Crippen LogP contribution in [0.25, 0.3) is 0 Å². The van der Waals surface area contributed by atoms with E-state index in [1.165, 1.54) is 5.56 Å². The van der Waals surface area contributed by atoms with Crippen molar-refractivity contribution in [1.82, 2.24) is 14.8 Å². The molecule has 0 aliphatic rings. The Balaban J connectivity index is 2.24. The summed E-state index contributed by atoms with van der Waals surface area (Å²) in [6.45, 7) is 5.73. The molecule has 0 bridgehead atoms. The van der Waals surface area contributed by atoms with Crippen LogP contribution in [-0.4, -0.2) is 14.8 Å². The average molecular weight is 244 g/mol. The number of rotatable bonds is 5. The molecule has 0 aliphatic heterocycles. The van der Waals surface area contributed by atoms with Crippen LogP contribution in [0.5, 0.6) is 0 Å². The highest BCUT2D eigenvalue weighted by Crippen LogP contribution is 2.11. The Morgan fingerprint density at radius 1 is 1.11 bits per heavy atom. The van der Waals surface area contributed by atoms with E-state index >= 15 is 0 Å². The maximum Gasteiger partial charge on any atom is 0.146 e. The fourth-order valence-electron chi connectivity index (χ4n) is 2.01. The lowest BCUT2D eigenvalue weighted by Gasteiger charge is -2.12. The molecule has 18 heavy (non-hydrogen) atoms. The summed E-state index contributed by atoms with van der Waals surface area (Å²) in [6.07, 6.45) is 0.806. The molecular weight excluding hydrogens is 224 g/mol. The first-order valence-electron chi connectivity index (χ1n) is 6.35. The Labute approximate surface area is 108 Å². The van der Waals surface area contributed by atoms with E-state index < -0.39 is 0 Å². The van der Waals surface area contributed by atoms with Crippen molar-refractivity contribution in [3.05, 3.63) is 47.5 Å². The van der Waals surface area contributed by atoms with Crippen molar-refractivity contribution < 1.29 is 0 Å². The van der Waals surface area contributed by atoms with Gasteiger partial charge in [-0.15, -0.1) is 10.2 Å². The number of benzene rings is 1. The van der Waals surface area contributed by atoms with Gasteiger partial charge in [-0.3, -0.25) is 0 Å². The highest BCUT2D eigenvalue weighted by Gasteiger charge is 2.12. The second-order valence-corrected chi connectivity index (χ2v) is 4.90. The highest BCUT2D eigenvalue weighted by molar-refractivity contribution is 5.19. The van der Waals surface area contributed by atoms with Crippen LogP contribution < -0.4 is 5.73 Å². The summed E-state index contributed by atoms with van der Waals surface area (Å²) in [6, 6.07) is 10.3. The standard InChI is InChI=1S/C14H20N4/c1-11(2)10-18-13(16-17-14(18)9-15)8-12-6-4-3-5-7-12/h3-7,11H,8-10,15H2,1-2H3. The topological polar surface area (TPSA) is 56.7 Å². The van der Waals surface area contributed by atoms with Crippen LogP contribution >= 0.6 is 0 Å². The van der Waals surface area contributed by atoms with Crippen LogP contribution in [0.2, 0.25) is 0 Å². The molecule has 4 heteroatoms. The minimum absolute atomic E-state index is 0.439. The molecule has 0 amide bonds. The normalized spacial score (nSPS) is 11.1. The van der Waals surface area contributed by atoms with Gasteiger partial charge in [0.05, 0.1) is 6.54 Å². The van der Waals surface area contributed by atoms with Gasteiger partial charge in [-0.25, -0.2) is 0 Å². The van der Waals surface area contributed by atoms with Crippen LogP contribution in [0.1, 0.15) is 31.1 Å². The quantitative estimate of drug-likeness (QED) is 0.875. The highest BCUT2D eigenvalue weighted by atomic mass is 15.3. The van der Waals surface area contributed by atoms with Gasteiger partial charge in [0.15, 0.2) is 0 Å². The Bertz CT molecular complexity index is 488. The number of nitrogens with two attached hydrogens (primary N) is 1. The van der Waals surface area contributed by atoms with E-state index in [1.54, 1.807) is 0 Å². The molecule has 0 unspecified atom stereocenters. The van der Waals surface area contributed by atoms with Gasteiger partial charge in [0, 0.05) is 13.0 Å². The maximum atomic E-state index is 5.71. The van der Waals surface area contributed by atoms with Crippen molar-refractivity contribution in [1.29, 1.82) is 0 Å². The first-order chi connectivity index (χ1) is 8.70. The summed E-state index contributed by atoms with van der Waals surface area (Å²) in [4.78, 5) is 0. The Kier molecular flexibility index (Phi) is 4.10. The van der Waals surface area contributed by atoms with Crippen molar-refractivity contribution >= 4 is 0 Å². The van der Waals surface area contributed by atoms with Gasteiger partial charge >= 0.3 is 0 Å². The summed E-state index contributed by atoms with van der Waals surface area (Å²) in [7, 11) is 0. The molecule has 0 spiro atoms. The summed E-state index contributed by atoms with van der Waals surface area (Å²) in [5.41, 5.74) is 6.96. The minimum atomic E-state index is 0.439. The van der Waals surface area contributed by atoms with Gasteiger partial charge in [0.25, 0.3) is 0 Å². The summed E-state index contributed by atoms with van der Waals surface area (Å²) in [5, 5.41) is 8.44. The summed E-state index contributed by atoms with van der Waals surface area (Å²) >= 11 is 0. The van der Waals surface area contributed by atoms with Crippen molar-refractivity contribution in [3.8, 4) is 0 Å². The van der Waals surface area contributed by atoms with E-state index in [0.29, 0.717) is 12.5 Å². The van der Waals surface area contributed by atoms with Crippen molar-refractivity contribution in [2.45, 2.75) is 33.4 Å². The molecule has 2 N–H and O–H groups in total. The summed E-state index contributed by atoms with van der Waals surface area (Å²) < 4.78 is 2.15. The van der Waals surface area contributed by atoms with Crippen molar-refractivity contribution in [2.24, 2.45) is 11.7 Å². The molecule has 4 nitrogen and oxygen atoms in total. The van der Waals surface area contributed by atoms with E-state index in [2.05, 4.69) is 40.7 Å². The van der Waals surface area contributed by atoms with Gasteiger partial charge in [-0.1, -0.05) is 44.2 Å². The van der Waals surface area contributed by atoms with Crippen LogP contribution in [0.3, 0.4) is 0 Å². The van der Waals surface area contributed by atoms with Crippen LogP contribution in [0.4, 0.5) is 0 Å². The minimum Gasteiger partial charge on any atom is -0.324 e. The molecule has 96 valence electrons. The third-order valence-electron chi connectivity index (χ3n) is 2.84. The molecule has 2 aromatic rings. The molecule has 0 saturated heterocycles. The van der Waals surface area contributed by atoms with Gasteiger partial charge < -0.3 is 10.3 Å². The predicted molar refractivity (Wildman–Crippen MR) is 72.0 cm³/mol. The molecule has 0 radical (unpaired) electrons. The lowest BCUT2D eigenvalue weighted by atomic mass is 10.1. The van der Waals surface area contributed by atoms with E-state index in [-0.39, 0.29) is 0 Å². The van der Waals surface area contributed by atoms with Gasteiger partial charge in [-0.05, 0) is 11.5 Å². The predicted octanol–water partition coefficient (Wildman–Crippen LogP) is 1.98. The zero-order valence-electron chi connectivity index (χ0n) is 11.0. The number of hydrogen-bond acceptors (Lipinski definition) is 3. The largest absolute Gasteiger partial charge is 0.324 e. The molecule has 1 aromatic heterocycles. The van der Waals surface area contributed by atoms with E-state index in [4.69, 9.17) is 5.73 Å². The molecular formula is C14H20N4. The fourth-order valence-corrected chi connectivity index (χ4v) is 2.01. The third kappa shape index (κ3) is 2.96.